The summed E-state index contributed by atoms with van der Waals surface area (Å²) in [5.74, 6) is -1.28. The standard InChI is InChI=1S/C13H16O6/c1-18-11(15)7-10(14)12(16)8-5-3-4-6-9(8)13(17)19-2/h3-6,10,12,14,16H,7H2,1-2H3. The third-order valence-electron chi connectivity index (χ3n) is 2.65. The topological polar surface area (TPSA) is 93.1 Å². The highest BCUT2D eigenvalue weighted by Crippen LogP contribution is 2.23. The molecule has 0 radical (unpaired) electrons. The number of hydrogen-bond donors (Lipinski definition) is 2. The van der Waals surface area contributed by atoms with Crippen molar-refractivity contribution in [2.75, 3.05) is 14.2 Å². The van der Waals surface area contributed by atoms with Crippen molar-refractivity contribution in [2.24, 2.45) is 0 Å². The van der Waals surface area contributed by atoms with E-state index in [9.17, 15) is 19.8 Å². The quantitative estimate of drug-likeness (QED) is 0.752. The average Bonchev–Trinajstić information content (AvgIpc) is 2.45. The Balaban J connectivity index is 2.95. The predicted octanol–water partition coefficient (Wildman–Crippen LogP) is 0.431. The Morgan fingerprint density at radius 2 is 1.79 bits per heavy atom. The van der Waals surface area contributed by atoms with Crippen LogP contribution in [0.4, 0.5) is 0 Å². The van der Waals surface area contributed by atoms with Crippen molar-refractivity contribution >= 4 is 11.9 Å². The van der Waals surface area contributed by atoms with E-state index in [0.29, 0.717) is 0 Å². The molecule has 0 saturated heterocycles. The normalized spacial score (nSPS) is 13.5. The number of benzene rings is 1. The van der Waals surface area contributed by atoms with Crippen molar-refractivity contribution in [3.05, 3.63) is 35.4 Å². The van der Waals surface area contributed by atoms with Gasteiger partial charge in [0.2, 0.25) is 0 Å². The lowest BCUT2D eigenvalue weighted by atomic mass is 9.97. The van der Waals surface area contributed by atoms with Gasteiger partial charge in [0.15, 0.2) is 0 Å². The Morgan fingerprint density at radius 1 is 1.16 bits per heavy atom. The Labute approximate surface area is 110 Å². The van der Waals surface area contributed by atoms with E-state index in [2.05, 4.69) is 9.47 Å². The monoisotopic (exact) mass is 268 g/mol. The minimum absolute atomic E-state index is 0.140. The number of carbonyl (C=O) groups excluding carboxylic acids is 2. The van der Waals surface area contributed by atoms with Crippen molar-refractivity contribution in [1.29, 1.82) is 0 Å². The lowest BCUT2D eigenvalue weighted by molar-refractivity contribution is -0.144. The van der Waals surface area contributed by atoms with Gasteiger partial charge in [-0.25, -0.2) is 4.79 Å². The largest absolute Gasteiger partial charge is 0.469 e. The van der Waals surface area contributed by atoms with E-state index in [-0.39, 0.29) is 17.5 Å². The number of hydrogen-bond acceptors (Lipinski definition) is 6. The van der Waals surface area contributed by atoms with Gasteiger partial charge in [-0.05, 0) is 11.6 Å². The van der Waals surface area contributed by atoms with E-state index in [1.807, 2.05) is 0 Å². The van der Waals surface area contributed by atoms with Crippen molar-refractivity contribution < 1.29 is 29.3 Å². The molecule has 6 heteroatoms. The maximum absolute atomic E-state index is 11.5. The molecule has 0 bridgehead atoms. The number of carbonyl (C=O) groups is 2. The van der Waals surface area contributed by atoms with E-state index in [0.717, 1.165) is 0 Å². The molecule has 1 rings (SSSR count). The Bertz CT molecular complexity index is 456. The van der Waals surface area contributed by atoms with Gasteiger partial charge in [0.25, 0.3) is 0 Å². The molecule has 0 heterocycles. The van der Waals surface area contributed by atoms with Gasteiger partial charge in [0, 0.05) is 0 Å². The number of aliphatic hydroxyl groups excluding tert-OH is 2. The summed E-state index contributed by atoms with van der Waals surface area (Å²) in [6, 6.07) is 6.16. The molecule has 0 aliphatic heterocycles. The van der Waals surface area contributed by atoms with Crippen LogP contribution in [0.5, 0.6) is 0 Å². The SMILES string of the molecule is COC(=O)CC(O)C(O)c1ccccc1C(=O)OC. The van der Waals surface area contributed by atoms with Gasteiger partial charge in [-0.2, -0.15) is 0 Å². The molecule has 1 aromatic rings. The fraction of sp³-hybridized carbons (Fsp3) is 0.385. The molecular weight excluding hydrogens is 252 g/mol. The van der Waals surface area contributed by atoms with Gasteiger partial charge in [-0.15, -0.1) is 0 Å². The van der Waals surface area contributed by atoms with Crippen LogP contribution >= 0.6 is 0 Å². The Hall–Kier alpha value is -1.92. The summed E-state index contributed by atoms with van der Waals surface area (Å²) in [5.41, 5.74) is 0.340. The number of ether oxygens (including phenoxy) is 2. The molecule has 6 nitrogen and oxygen atoms in total. The first kappa shape index (κ1) is 15.1. The summed E-state index contributed by atoms with van der Waals surface area (Å²) in [6.07, 6.45) is -3.11. The summed E-state index contributed by atoms with van der Waals surface area (Å²) < 4.78 is 8.99. The summed E-state index contributed by atoms with van der Waals surface area (Å²) in [4.78, 5) is 22.6. The zero-order chi connectivity index (χ0) is 14.4. The lowest BCUT2D eigenvalue weighted by Gasteiger charge is -2.19. The lowest BCUT2D eigenvalue weighted by Crippen LogP contribution is -2.24. The summed E-state index contributed by atoms with van der Waals surface area (Å²) >= 11 is 0. The molecule has 104 valence electrons. The highest BCUT2D eigenvalue weighted by Gasteiger charge is 2.25. The smallest absolute Gasteiger partial charge is 0.338 e. The highest BCUT2D eigenvalue weighted by molar-refractivity contribution is 5.91. The minimum Gasteiger partial charge on any atom is -0.469 e. The van der Waals surface area contributed by atoms with Gasteiger partial charge in [0.05, 0.1) is 32.3 Å². The third kappa shape index (κ3) is 3.77. The van der Waals surface area contributed by atoms with E-state index in [4.69, 9.17) is 0 Å². The van der Waals surface area contributed by atoms with Gasteiger partial charge in [-0.3, -0.25) is 4.79 Å². The van der Waals surface area contributed by atoms with Crippen molar-refractivity contribution in [3.63, 3.8) is 0 Å². The van der Waals surface area contributed by atoms with Crippen LogP contribution < -0.4 is 0 Å². The molecule has 19 heavy (non-hydrogen) atoms. The van der Waals surface area contributed by atoms with Crippen LogP contribution in [0.2, 0.25) is 0 Å². The number of esters is 2. The van der Waals surface area contributed by atoms with Crippen LogP contribution in [0, 0.1) is 0 Å². The average molecular weight is 268 g/mol. The summed E-state index contributed by atoms with van der Waals surface area (Å²) in [7, 11) is 2.40. The first-order valence-corrected chi connectivity index (χ1v) is 5.61. The second-order valence-electron chi connectivity index (χ2n) is 3.87. The summed E-state index contributed by atoms with van der Waals surface area (Å²) in [6.45, 7) is 0. The number of aliphatic hydroxyl groups is 2. The Morgan fingerprint density at radius 3 is 2.37 bits per heavy atom. The van der Waals surface area contributed by atoms with Gasteiger partial charge < -0.3 is 19.7 Å². The molecule has 1 aromatic carbocycles. The fourth-order valence-electron chi connectivity index (χ4n) is 1.62. The van der Waals surface area contributed by atoms with Crippen LogP contribution in [-0.4, -0.2) is 42.5 Å². The van der Waals surface area contributed by atoms with Crippen LogP contribution in [-0.2, 0) is 14.3 Å². The molecular formula is C13H16O6. The second kappa shape index (κ2) is 6.86. The molecule has 0 fully saturated rings. The molecule has 0 aliphatic carbocycles. The number of rotatable bonds is 5. The first-order chi connectivity index (χ1) is 9.01. The van der Waals surface area contributed by atoms with Crippen LogP contribution in [0.1, 0.15) is 28.4 Å². The third-order valence-corrected chi connectivity index (χ3v) is 2.65. The fourth-order valence-corrected chi connectivity index (χ4v) is 1.62. The Kier molecular flexibility index (Phi) is 5.47. The van der Waals surface area contributed by atoms with Crippen molar-refractivity contribution in [1.82, 2.24) is 0 Å². The molecule has 0 saturated carbocycles. The molecule has 0 spiro atoms. The molecule has 0 amide bonds. The molecule has 0 aliphatic rings. The second-order valence-corrected chi connectivity index (χ2v) is 3.87. The van der Waals surface area contributed by atoms with Crippen molar-refractivity contribution in [3.8, 4) is 0 Å². The van der Waals surface area contributed by atoms with Gasteiger partial charge in [0.1, 0.15) is 6.10 Å². The zero-order valence-corrected chi connectivity index (χ0v) is 10.7. The van der Waals surface area contributed by atoms with E-state index < -0.39 is 24.1 Å². The molecule has 2 unspecified atom stereocenters. The van der Waals surface area contributed by atoms with Gasteiger partial charge >= 0.3 is 11.9 Å². The van der Waals surface area contributed by atoms with Crippen LogP contribution in [0.25, 0.3) is 0 Å². The maximum atomic E-state index is 11.5. The maximum Gasteiger partial charge on any atom is 0.338 e. The molecule has 2 N–H and O–H groups in total. The number of methoxy groups -OCH3 is 2. The van der Waals surface area contributed by atoms with E-state index in [1.165, 1.54) is 26.4 Å². The highest BCUT2D eigenvalue weighted by atomic mass is 16.5. The van der Waals surface area contributed by atoms with Crippen molar-refractivity contribution in [2.45, 2.75) is 18.6 Å². The molecule has 2 atom stereocenters. The van der Waals surface area contributed by atoms with Crippen LogP contribution in [0.3, 0.4) is 0 Å². The first-order valence-electron chi connectivity index (χ1n) is 5.61. The van der Waals surface area contributed by atoms with Gasteiger partial charge in [-0.1, -0.05) is 18.2 Å². The van der Waals surface area contributed by atoms with Crippen LogP contribution in [0.15, 0.2) is 24.3 Å². The predicted molar refractivity (Wildman–Crippen MR) is 65.4 cm³/mol. The van der Waals surface area contributed by atoms with E-state index in [1.54, 1.807) is 12.1 Å². The molecule has 0 aromatic heterocycles. The minimum atomic E-state index is -1.38. The zero-order valence-electron chi connectivity index (χ0n) is 10.7. The summed E-state index contributed by atoms with van der Waals surface area (Å²) in [5, 5.41) is 19.7. The van der Waals surface area contributed by atoms with E-state index >= 15 is 0 Å².